The highest BCUT2D eigenvalue weighted by atomic mass is 16.5. The average molecular weight is 384 g/mol. The van der Waals surface area contributed by atoms with Crippen LogP contribution in [0.5, 0.6) is 5.75 Å². The van der Waals surface area contributed by atoms with Gasteiger partial charge in [0.25, 0.3) is 5.91 Å². The lowest BCUT2D eigenvalue weighted by atomic mass is 10.1. The van der Waals surface area contributed by atoms with Crippen molar-refractivity contribution in [3.05, 3.63) is 48.4 Å². The smallest absolute Gasteiger partial charge is 0.255 e. The number of hydrogen-bond acceptors (Lipinski definition) is 6. The van der Waals surface area contributed by atoms with Crippen LogP contribution in [0.25, 0.3) is 0 Å². The normalized spacial score (nSPS) is 16.1. The number of carbonyl (C=O) groups excluding carboxylic acids is 1. The quantitative estimate of drug-likeness (QED) is 0.763. The second-order valence-corrected chi connectivity index (χ2v) is 7.41. The molecule has 28 heavy (non-hydrogen) atoms. The Morgan fingerprint density at radius 3 is 2.64 bits per heavy atom. The van der Waals surface area contributed by atoms with Gasteiger partial charge in [0.15, 0.2) is 0 Å². The van der Waals surface area contributed by atoms with E-state index in [0.717, 1.165) is 18.6 Å². The van der Waals surface area contributed by atoms with Crippen molar-refractivity contribution in [3.63, 3.8) is 0 Å². The fourth-order valence-corrected chi connectivity index (χ4v) is 3.19. The number of hydrogen-bond donors (Lipinski definition) is 2. The Bertz CT molecular complexity index is 744. The van der Waals surface area contributed by atoms with Gasteiger partial charge >= 0.3 is 0 Å². The summed E-state index contributed by atoms with van der Waals surface area (Å²) in [6.45, 7) is 5.42. The van der Waals surface area contributed by atoms with Crippen LogP contribution < -0.4 is 10.1 Å². The van der Waals surface area contributed by atoms with Gasteiger partial charge in [-0.05, 0) is 30.2 Å². The Kier molecular flexibility index (Phi) is 6.81. The predicted octanol–water partition coefficient (Wildman–Crippen LogP) is 2.59. The number of anilines is 1. The first-order chi connectivity index (χ1) is 13.6. The van der Waals surface area contributed by atoms with E-state index in [-0.39, 0.29) is 30.6 Å². The number of carbonyl (C=O) groups is 1. The maximum Gasteiger partial charge on any atom is 0.255 e. The van der Waals surface area contributed by atoms with E-state index >= 15 is 0 Å². The molecule has 1 unspecified atom stereocenters. The summed E-state index contributed by atoms with van der Waals surface area (Å²) in [7, 11) is 0. The zero-order chi connectivity index (χ0) is 19.9. The number of aliphatic hydroxyl groups is 1. The van der Waals surface area contributed by atoms with Gasteiger partial charge < -0.3 is 20.1 Å². The summed E-state index contributed by atoms with van der Waals surface area (Å²) < 4.78 is 5.93. The van der Waals surface area contributed by atoms with Gasteiger partial charge in [-0.25, -0.2) is 4.98 Å². The molecule has 0 aromatic carbocycles. The Hall–Kier alpha value is -2.67. The molecule has 1 aliphatic heterocycles. The third-order valence-electron chi connectivity index (χ3n) is 5.01. The van der Waals surface area contributed by atoms with Crippen LogP contribution in [-0.4, -0.2) is 57.7 Å². The standard InChI is InChI=1S/C21H28N4O3/c1-15(2)19(14-26)24-20-6-5-16(12-23-20)21(27)25-10-7-17(8-11-25)28-18-4-3-9-22-13-18/h3-6,9,12-13,15,17,19,26H,7-8,10-11,14H2,1-2H3,(H,23,24). The highest BCUT2D eigenvalue weighted by Gasteiger charge is 2.25. The number of nitrogens with one attached hydrogen (secondary N) is 1. The number of likely N-dealkylation sites (tertiary alicyclic amines) is 1. The molecule has 1 aliphatic rings. The number of aliphatic hydroxyl groups excluding tert-OH is 1. The lowest BCUT2D eigenvalue weighted by Gasteiger charge is -2.32. The van der Waals surface area contributed by atoms with E-state index < -0.39 is 0 Å². The first-order valence-corrected chi connectivity index (χ1v) is 9.76. The van der Waals surface area contributed by atoms with E-state index in [4.69, 9.17) is 4.74 Å². The molecule has 0 saturated carbocycles. The van der Waals surface area contributed by atoms with Gasteiger partial charge in [-0.2, -0.15) is 0 Å². The minimum absolute atomic E-state index is 0.0126. The van der Waals surface area contributed by atoms with Crippen LogP contribution in [0.15, 0.2) is 42.9 Å². The van der Waals surface area contributed by atoms with Crippen LogP contribution in [0.4, 0.5) is 5.82 Å². The molecule has 0 aliphatic carbocycles. The highest BCUT2D eigenvalue weighted by Crippen LogP contribution is 2.20. The Labute approximate surface area is 165 Å². The number of ether oxygens (including phenoxy) is 1. The van der Waals surface area contributed by atoms with Crippen LogP contribution >= 0.6 is 0 Å². The molecule has 3 rings (SSSR count). The van der Waals surface area contributed by atoms with Crippen molar-refractivity contribution in [3.8, 4) is 5.75 Å². The largest absolute Gasteiger partial charge is 0.489 e. The molecule has 2 aromatic heterocycles. The monoisotopic (exact) mass is 384 g/mol. The SMILES string of the molecule is CC(C)C(CO)Nc1ccc(C(=O)N2CCC(Oc3cccnc3)CC2)cn1. The summed E-state index contributed by atoms with van der Waals surface area (Å²) >= 11 is 0. The first-order valence-electron chi connectivity index (χ1n) is 9.76. The van der Waals surface area contributed by atoms with Gasteiger partial charge in [-0.3, -0.25) is 9.78 Å². The van der Waals surface area contributed by atoms with E-state index in [0.29, 0.717) is 24.5 Å². The lowest BCUT2D eigenvalue weighted by molar-refractivity contribution is 0.0594. The molecule has 1 amide bonds. The van der Waals surface area contributed by atoms with E-state index in [9.17, 15) is 9.90 Å². The number of amides is 1. The van der Waals surface area contributed by atoms with Crippen LogP contribution in [0, 0.1) is 5.92 Å². The molecule has 7 nitrogen and oxygen atoms in total. The van der Waals surface area contributed by atoms with Crippen LogP contribution in [0.2, 0.25) is 0 Å². The van der Waals surface area contributed by atoms with E-state index in [1.54, 1.807) is 30.7 Å². The molecule has 1 saturated heterocycles. The molecule has 2 aromatic rings. The van der Waals surface area contributed by atoms with E-state index in [2.05, 4.69) is 15.3 Å². The van der Waals surface area contributed by atoms with E-state index in [1.165, 1.54) is 0 Å². The average Bonchev–Trinajstić information content (AvgIpc) is 2.73. The molecule has 7 heteroatoms. The maximum absolute atomic E-state index is 12.7. The topological polar surface area (TPSA) is 87.6 Å². The van der Waals surface area contributed by atoms with Crippen LogP contribution in [0.1, 0.15) is 37.0 Å². The Balaban J connectivity index is 1.52. The minimum atomic E-state index is -0.0621. The molecule has 150 valence electrons. The minimum Gasteiger partial charge on any atom is -0.489 e. The summed E-state index contributed by atoms with van der Waals surface area (Å²) in [6, 6.07) is 7.25. The van der Waals surface area contributed by atoms with Gasteiger partial charge in [0.1, 0.15) is 17.7 Å². The third kappa shape index (κ3) is 5.19. The van der Waals surface area contributed by atoms with Gasteiger partial charge in [0, 0.05) is 38.3 Å². The zero-order valence-electron chi connectivity index (χ0n) is 16.4. The Morgan fingerprint density at radius 2 is 2.07 bits per heavy atom. The van der Waals surface area contributed by atoms with Crippen molar-refractivity contribution in [1.29, 1.82) is 0 Å². The summed E-state index contributed by atoms with van der Waals surface area (Å²) in [5.74, 6) is 1.69. The van der Waals surface area contributed by atoms with E-state index in [1.807, 2.05) is 30.9 Å². The van der Waals surface area contributed by atoms with Gasteiger partial charge in [-0.1, -0.05) is 13.8 Å². The lowest BCUT2D eigenvalue weighted by Crippen LogP contribution is -2.41. The summed E-state index contributed by atoms with van der Waals surface area (Å²) in [6.07, 6.45) is 6.71. The van der Waals surface area contributed by atoms with Crippen molar-refractivity contribution in [2.45, 2.75) is 38.8 Å². The molecule has 0 radical (unpaired) electrons. The van der Waals surface area contributed by atoms with Crippen molar-refractivity contribution < 1.29 is 14.6 Å². The number of nitrogens with zero attached hydrogens (tertiary/aromatic N) is 3. The molecule has 1 fully saturated rings. The maximum atomic E-state index is 12.7. The predicted molar refractivity (Wildman–Crippen MR) is 107 cm³/mol. The van der Waals surface area contributed by atoms with Crippen LogP contribution in [0.3, 0.4) is 0 Å². The summed E-state index contributed by atoms with van der Waals surface area (Å²) in [5, 5.41) is 12.6. The van der Waals surface area contributed by atoms with Crippen molar-refractivity contribution in [1.82, 2.24) is 14.9 Å². The van der Waals surface area contributed by atoms with Gasteiger partial charge in [0.05, 0.1) is 24.4 Å². The molecule has 1 atom stereocenters. The van der Waals surface area contributed by atoms with Gasteiger partial charge in [0.2, 0.25) is 0 Å². The second-order valence-electron chi connectivity index (χ2n) is 7.41. The molecular formula is C21H28N4O3. The number of aromatic nitrogens is 2. The molecule has 0 bridgehead atoms. The molecule has 2 N–H and O–H groups in total. The number of pyridine rings is 2. The molecular weight excluding hydrogens is 356 g/mol. The molecule has 0 spiro atoms. The molecule has 3 heterocycles. The summed E-state index contributed by atoms with van der Waals surface area (Å²) in [4.78, 5) is 23.0. The number of rotatable bonds is 7. The van der Waals surface area contributed by atoms with Crippen molar-refractivity contribution >= 4 is 11.7 Å². The Morgan fingerprint density at radius 1 is 1.29 bits per heavy atom. The second kappa shape index (κ2) is 9.50. The summed E-state index contributed by atoms with van der Waals surface area (Å²) in [5.41, 5.74) is 0.572. The first kappa shape index (κ1) is 20.1. The fraction of sp³-hybridized carbons (Fsp3) is 0.476. The van der Waals surface area contributed by atoms with Crippen molar-refractivity contribution in [2.75, 3.05) is 25.0 Å². The fourth-order valence-electron chi connectivity index (χ4n) is 3.19. The van der Waals surface area contributed by atoms with Crippen LogP contribution in [-0.2, 0) is 0 Å². The van der Waals surface area contributed by atoms with Crippen molar-refractivity contribution in [2.24, 2.45) is 5.92 Å². The highest BCUT2D eigenvalue weighted by molar-refractivity contribution is 5.94. The van der Waals surface area contributed by atoms with Gasteiger partial charge in [-0.15, -0.1) is 0 Å². The zero-order valence-corrected chi connectivity index (χ0v) is 16.4. The number of piperidine rings is 1. The third-order valence-corrected chi connectivity index (χ3v) is 5.01.